The van der Waals surface area contributed by atoms with Crippen molar-refractivity contribution >= 4 is 17.1 Å². The molecule has 0 aliphatic heterocycles. The van der Waals surface area contributed by atoms with E-state index >= 15 is 0 Å². The summed E-state index contributed by atoms with van der Waals surface area (Å²) in [6, 6.07) is 15.2. The number of hydrogen-bond acceptors (Lipinski definition) is 5. The predicted octanol–water partition coefficient (Wildman–Crippen LogP) is 5.05. The summed E-state index contributed by atoms with van der Waals surface area (Å²) in [7, 11) is 0. The lowest BCUT2D eigenvalue weighted by atomic mass is 9.98. The van der Waals surface area contributed by atoms with E-state index in [1.54, 1.807) is 6.07 Å². The highest BCUT2D eigenvalue weighted by Gasteiger charge is 2.31. The summed E-state index contributed by atoms with van der Waals surface area (Å²) in [5.41, 5.74) is 0.797. The second-order valence-electron chi connectivity index (χ2n) is 8.21. The van der Waals surface area contributed by atoms with E-state index in [0.717, 1.165) is 23.1 Å². The van der Waals surface area contributed by atoms with Crippen molar-refractivity contribution in [2.24, 2.45) is 0 Å². The molecule has 1 atom stereocenters. The van der Waals surface area contributed by atoms with Gasteiger partial charge in [-0.1, -0.05) is 31.2 Å². The molecule has 0 fully saturated rings. The first-order valence-corrected chi connectivity index (χ1v) is 9.78. The summed E-state index contributed by atoms with van der Waals surface area (Å²) in [5, 5.41) is 12.9. The molecule has 1 heterocycles. The van der Waals surface area contributed by atoms with Crippen molar-refractivity contribution in [2.75, 3.05) is 0 Å². The van der Waals surface area contributed by atoms with E-state index in [-0.39, 0.29) is 6.04 Å². The van der Waals surface area contributed by atoms with Crippen molar-refractivity contribution in [3.05, 3.63) is 60.0 Å². The molecule has 0 saturated heterocycles. The molecule has 3 aromatic rings. The maximum atomic E-state index is 11.4. The van der Waals surface area contributed by atoms with Crippen LogP contribution in [0.15, 0.2) is 52.9 Å². The standard InChI is InChI=1S/C23H28N2O4/c1-6-17(15-10-9-11-16(14-15)29-23(4,5)21(26)27)25-22(2,3)20-24-18-12-7-8-13-19(18)28-20/h7-14,17,25H,6H2,1-5H3,(H,26,27). The Labute approximate surface area is 170 Å². The number of hydrogen-bond donors (Lipinski definition) is 2. The molecular weight excluding hydrogens is 368 g/mol. The minimum absolute atomic E-state index is 0.0107. The molecule has 0 aliphatic carbocycles. The lowest BCUT2D eigenvalue weighted by Gasteiger charge is -2.30. The number of nitrogens with zero attached hydrogens (tertiary/aromatic N) is 1. The van der Waals surface area contributed by atoms with Crippen molar-refractivity contribution in [1.29, 1.82) is 0 Å². The SMILES string of the molecule is CCC(NC(C)(C)c1nc2ccccc2o1)c1cccc(OC(C)(C)C(=O)O)c1. The van der Waals surface area contributed by atoms with Crippen LogP contribution in [-0.4, -0.2) is 21.7 Å². The summed E-state index contributed by atoms with van der Waals surface area (Å²) in [6.07, 6.45) is 0.829. The topological polar surface area (TPSA) is 84.6 Å². The van der Waals surface area contributed by atoms with Gasteiger partial charge in [0.25, 0.3) is 0 Å². The lowest BCUT2D eigenvalue weighted by molar-refractivity contribution is -0.152. The van der Waals surface area contributed by atoms with E-state index < -0.39 is 17.1 Å². The third-order valence-electron chi connectivity index (χ3n) is 4.92. The quantitative estimate of drug-likeness (QED) is 0.554. The van der Waals surface area contributed by atoms with E-state index in [9.17, 15) is 9.90 Å². The Balaban J connectivity index is 1.83. The summed E-state index contributed by atoms with van der Waals surface area (Å²) in [4.78, 5) is 16.0. The largest absolute Gasteiger partial charge is 0.478 e. The number of nitrogens with one attached hydrogen (secondary N) is 1. The lowest BCUT2D eigenvalue weighted by Crippen LogP contribution is -2.39. The van der Waals surface area contributed by atoms with Crippen LogP contribution in [-0.2, 0) is 10.3 Å². The number of aromatic nitrogens is 1. The Morgan fingerprint density at radius 1 is 1.17 bits per heavy atom. The van der Waals surface area contributed by atoms with Gasteiger partial charge in [-0.15, -0.1) is 0 Å². The molecule has 2 aromatic carbocycles. The Morgan fingerprint density at radius 3 is 2.55 bits per heavy atom. The van der Waals surface area contributed by atoms with Crippen LogP contribution < -0.4 is 10.1 Å². The molecule has 0 spiro atoms. The van der Waals surface area contributed by atoms with Gasteiger partial charge in [0.1, 0.15) is 11.3 Å². The van der Waals surface area contributed by atoms with E-state index in [1.165, 1.54) is 13.8 Å². The first-order chi connectivity index (χ1) is 13.6. The van der Waals surface area contributed by atoms with Gasteiger partial charge in [-0.25, -0.2) is 9.78 Å². The van der Waals surface area contributed by atoms with Crippen LogP contribution in [0.3, 0.4) is 0 Å². The number of rotatable bonds is 8. The number of benzene rings is 2. The van der Waals surface area contributed by atoms with Gasteiger partial charge >= 0.3 is 5.97 Å². The maximum Gasteiger partial charge on any atom is 0.347 e. The fraction of sp³-hybridized carbons (Fsp3) is 0.391. The smallest absolute Gasteiger partial charge is 0.347 e. The summed E-state index contributed by atoms with van der Waals surface area (Å²) in [6.45, 7) is 9.24. The van der Waals surface area contributed by atoms with E-state index in [1.807, 2.05) is 56.3 Å². The van der Waals surface area contributed by atoms with Crippen molar-refractivity contribution in [2.45, 2.75) is 58.2 Å². The molecular formula is C23H28N2O4. The third-order valence-corrected chi connectivity index (χ3v) is 4.92. The molecule has 0 saturated carbocycles. The number of carboxylic acid groups (broad SMARTS) is 1. The molecule has 0 radical (unpaired) electrons. The van der Waals surface area contributed by atoms with Crippen LogP contribution in [0.5, 0.6) is 5.75 Å². The van der Waals surface area contributed by atoms with Crippen molar-refractivity contribution in [1.82, 2.24) is 10.3 Å². The van der Waals surface area contributed by atoms with Crippen LogP contribution in [0.1, 0.15) is 58.5 Å². The van der Waals surface area contributed by atoms with Gasteiger partial charge in [-0.05, 0) is 63.9 Å². The number of ether oxygens (including phenoxy) is 1. The molecule has 3 rings (SSSR count). The normalized spacial score (nSPS) is 13.4. The van der Waals surface area contributed by atoms with Crippen LogP contribution in [0, 0.1) is 0 Å². The number of para-hydroxylation sites is 2. The number of carboxylic acids is 1. The van der Waals surface area contributed by atoms with Crippen LogP contribution in [0.4, 0.5) is 0 Å². The van der Waals surface area contributed by atoms with Crippen LogP contribution >= 0.6 is 0 Å². The Kier molecular flexibility index (Phi) is 5.66. The molecule has 6 nitrogen and oxygen atoms in total. The number of fused-ring (bicyclic) bond motifs is 1. The zero-order valence-electron chi connectivity index (χ0n) is 17.5. The van der Waals surface area contributed by atoms with Crippen LogP contribution in [0.25, 0.3) is 11.1 Å². The Bertz CT molecular complexity index is 974. The molecule has 0 bridgehead atoms. The number of carbonyl (C=O) groups is 1. The van der Waals surface area contributed by atoms with Crippen molar-refractivity contribution in [3.63, 3.8) is 0 Å². The molecule has 2 N–H and O–H groups in total. The molecule has 0 amide bonds. The molecule has 0 aliphatic rings. The molecule has 29 heavy (non-hydrogen) atoms. The highest BCUT2D eigenvalue weighted by Crippen LogP contribution is 2.30. The van der Waals surface area contributed by atoms with Gasteiger partial charge in [0.2, 0.25) is 5.89 Å². The number of oxazole rings is 1. The third kappa shape index (κ3) is 4.59. The maximum absolute atomic E-state index is 11.4. The van der Waals surface area contributed by atoms with Crippen molar-refractivity contribution < 1.29 is 19.1 Å². The highest BCUT2D eigenvalue weighted by atomic mass is 16.5. The summed E-state index contributed by atoms with van der Waals surface area (Å²) < 4.78 is 11.7. The van der Waals surface area contributed by atoms with Gasteiger partial charge in [-0.2, -0.15) is 0 Å². The first kappa shape index (κ1) is 20.9. The minimum Gasteiger partial charge on any atom is -0.478 e. The molecule has 6 heteroatoms. The van der Waals surface area contributed by atoms with Gasteiger partial charge in [0.05, 0.1) is 5.54 Å². The molecule has 1 aromatic heterocycles. The average molecular weight is 396 g/mol. The van der Waals surface area contributed by atoms with Crippen molar-refractivity contribution in [3.8, 4) is 5.75 Å². The fourth-order valence-corrected chi connectivity index (χ4v) is 3.19. The van der Waals surface area contributed by atoms with Gasteiger partial charge < -0.3 is 14.3 Å². The fourth-order valence-electron chi connectivity index (χ4n) is 3.19. The second kappa shape index (κ2) is 7.87. The van der Waals surface area contributed by atoms with E-state index in [2.05, 4.69) is 17.2 Å². The zero-order chi connectivity index (χ0) is 21.2. The van der Waals surface area contributed by atoms with Gasteiger partial charge in [0, 0.05) is 6.04 Å². The first-order valence-electron chi connectivity index (χ1n) is 9.78. The molecule has 1 unspecified atom stereocenters. The minimum atomic E-state index is -1.30. The van der Waals surface area contributed by atoms with Gasteiger partial charge in [-0.3, -0.25) is 5.32 Å². The van der Waals surface area contributed by atoms with E-state index in [4.69, 9.17) is 9.15 Å². The number of aliphatic carboxylic acids is 1. The summed E-state index contributed by atoms with van der Waals surface area (Å²) >= 11 is 0. The monoisotopic (exact) mass is 396 g/mol. The predicted molar refractivity (Wildman–Crippen MR) is 112 cm³/mol. The Hall–Kier alpha value is -2.86. The zero-order valence-corrected chi connectivity index (χ0v) is 17.5. The second-order valence-corrected chi connectivity index (χ2v) is 8.21. The average Bonchev–Trinajstić information content (AvgIpc) is 3.11. The van der Waals surface area contributed by atoms with Gasteiger partial charge in [0.15, 0.2) is 11.2 Å². The van der Waals surface area contributed by atoms with E-state index in [0.29, 0.717) is 11.6 Å². The van der Waals surface area contributed by atoms with Crippen LogP contribution in [0.2, 0.25) is 0 Å². The summed E-state index contributed by atoms with van der Waals surface area (Å²) in [5.74, 6) is 0.136. The Morgan fingerprint density at radius 2 is 1.90 bits per heavy atom. The molecule has 154 valence electrons. The highest BCUT2D eigenvalue weighted by molar-refractivity contribution is 5.76.